The van der Waals surface area contributed by atoms with E-state index < -0.39 is 0 Å². The lowest BCUT2D eigenvalue weighted by Crippen LogP contribution is -2.32. The zero-order chi connectivity index (χ0) is 15.6. The van der Waals surface area contributed by atoms with Crippen LogP contribution < -0.4 is 10.6 Å². The summed E-state index contributed by atoms with van der Waals surface area (Å²) in [5, 5.41) is 9.98. The van der Waals surface area contributed by atoms with Gasteiger partial charge >= 0.3 is 0 Å². The monoisotopic (exact) mass is 375 g/mol. The van der Waals surface area contributed by atoms with E-state index in [1.165, 1.54) is 0 Å². The van der Waals surface area contributed by atoms with Crippen molar-refractivity contribution in [2.24, 2.45) is 0 Å². The number of aromatic nitrogens is 3. The number of aryl methyl sites for hydroxylation is 1. The zero-order valence-electron chi connectivity index (χ0n) is 13.5. The molecular weight excluding hydrogens is 353 g/mol. The van der Waals surface area contributed by atoms with E-state index >= 15 is 0 Å². The third-order valence-electron chi connectivity index (χ3n) is 3.02. The van der Waals surface area contributed by atoms with E-state index in [4.69, 9.17) is 4.52 Å². The lowest BCUT2D eigenvalue weighted by Gasteiger charge is -2.04. The molecule has 0 aliphatic rings. The summed E-state index contributed by atoms with van der Waals surface area (Å²) in [5.41, 5.74) is 0.844. The highest BCUT2D eigenvalue weighted by Gasteiger charge is 2.10. The first-order valence-corrected chi connectivity index (χ1v) is 7.50. The molecule has 0 unspecified atom stereocenters. The van der Waals surface area contributed by atoms with Crippen molar-refractivity contribution >= 4 is 30.7 Å². The lowest BCUT2D eigenvalue weighted by molar-refractivity contribution is -0.121. The van der Waals surface area contributed by atoms with Crippen LogP contribution >= 0.6 is 24.8 Å². The molecule has 0 saturated heterocycles. The highest BCUT2D eigenvalue weighted by molar-refractivity contribution is 5.85. The highest BCUT2D eigenvalue weighted by atomic mass is 35.5. The molecule has 0 aliphatic heterocycles. The van der Waals surface area contributed by atoms with Crippen LogP contribution in [0.2, 0.25) is 0 Å². The fourth-order valence-corrected chi connectivity index (χ4v) is 1.88. The molecule has 2 N–H and O–H groups in total. The highest BCUT2D eigenvalue weighted by Crippen LogP contribution is 2.14. The first-order valence-electron chi connectivity index (χ1n) is 7.50. The van der Waals surface area contributed by atoms with Gasteiger partial charge in [-0.05, 0) is 25.1 Å². The molecule has 24 heavy (non-hydrogen) atoms. The summed E-state index contributed by atoms with van der Waals surface area (Å²) in [5.74, 6) is 0.967. The van der Waals surface area contributed by atoms with Gasteiger partial charge in [0, 0.05) is 43.9 Å². The molecule has 2 aromatic heterocycles. The quantitative estimate of drug-likeness (QED) is 0.651. The van der Waals surface area contributed by atoms with Crippen LogP contribution in [0.25, 0.3) is 11.4 Å². The van der Waals surface area contributed by atoms with Crippen molar-refractivity contribution in [1.29, 1.82) is 0 Å². The molecule has 0 atom stereocenters. The fraction of sp³-hybridized carbons (Fsp3) is 0.467. The van der Waals surface area contributed by atoms with Gasteiger partial charge < -0.3 is 15.2 Å². The van der Waals surface area contributed by atoms with Crippen molar-refractivity contribution in [3.63, 3.8) is 0 Å². The molecule has 0 aliphatic carbocycles. The SMILES string of the molecule is CCCNCCNC(=O)CCc1nc(-c2ccncc2)no1.Cl.Cl. The Hall–Kier alpha value is -1.70. The van der Waals surface area contributed by atoms with E-state index in [-0.39, 0.29) is 30.7 Å². The molecule has 0 spiro atoms. The molecule has 0 radical (unpaired) electrons. The van der Waals surface area contributed by atoms with E-state index in [9.17, 15) is 4.79 Å². The maximum absolute atomic E-state index is 11.7. The summed E-state index contributed by atoms with van der Waals surface area (Å²) in [7, 11) is 0. The molecule has 9 heteroatoms. The Balaban J connectivity index is 0.00000264. The van der Waals surface area contributed by atoms with E-state index in [0.717, 1.165) is 25.1 Å². The lowest BCUT2D eigenvalue weighted by atomic mass is 10.2. The van der Waals surface area contributed by atoms with Crippen LogP contribution in [0.5, 0.6) is 0 Å². The Morgan fingerprint density at radius 2 is 1.92 bits per heavy atom. The molecule has 0 bridgehead atoms. The number of pyridine rings is 1. The van der Waals surface area contributed by atoms with Crippen LogP contribution in [0.1, 0.15) is 25.7 Å². The van der Waals surface area contributed by atoms with Gasteiger partial charge in [-0.15, -0.1) is 24.8 Å². The second-order valence-corrected chi connectivity index (χ2v) is 4.85. The second kappa shape index (κ2) is 12.7. The third kappa shape index (κ3) is 7.72. The first kappa shape index (κ1) is 22.3. The van der Waals surface area contributed by atoms with Crippen molar-refractivity contribution in [1.82, 2.24) is 25.8 Å². The number of halogens is 2. The van der Waals surface area contributed by atoms with Crippen molar-refractivity contribution in [3.05, 3.63) is 30.4 Å². The van der Waals surface area contributed by atoms with E-state index in [2.05, 4.69) is 32.7 Å². The molecule has 0 fully saturated rings. The second-order valence-electron chi connectivity index (χ2n) is 4.85. The summed E-state index contributed by atoms with van der Waals surface area (Å²) in [6, 6.07) is 3.62. The predicted molar refractivity (Wildman–Crippen MR) is 96.5 cm³/mol. The van der Waals surface area contributed by atoms with Crippen LogP contribution in [-0.2, 0) is 11.2 Å². The fourth-order valence-electron chi connectivity index (χ4n) is 1.88. The van der Waals surface area contributed by atoms with Crippen LogP contribution in [-0.4, -0.2) is 40.7 Å². The number of amides is 1. The summed E-state index contributed by atoms with van der Waals surface area (Å²) in [6.45, 7) is 4.49. The predicted octanol–water partition coefficient (Wildman–Crippen LogP) is 2.02. The van der Waals surface area contributed by atoms with Crippen LogP contribution in [0.3, 0.4) is 0 Å². The van der Waals surface area contributed by atoms with E-state index in [1.807, 2.05) is 12.1 Å². The number of carbonyl (C=O) groups is 1. The van der Waals surface area contributed by atoms with Crippen LogP contribution in [0, 0.1) is 0 Å². The molecule has 0 saturated carbocycles. The largest absolute Gasteiger partial charge is 0.355 e. The third-order valence-corrected chi connectivity index (χ3v) is 3.02. The summed E-state index contributed by atoms with van der Waals surface area (Å²) in [6.07, 6.45) is 5.21. The zero-order valence-corrected chi connectivity index (χ0v) is 15.2. The number of carbonyl (C=O) groups excluding carboxylic acids is 1. The smallest absolute Gasteiger partial charge is 0.227 e. The average Bonchev–Trinajstić information content (AvgIpc) is 3.02. The minimum Gasteiger partial charge on any atom is -0.355 e. The van der Waals surface area contributed by atoms with Gasteiger partial charge in [-0.3, -0.25) is 9.78 Å². The molecule has 2 rings (SSSR count). The number of nitrogens with zero attached hydrogens (tertiary/aromatic N) is 3. The van der Waals surface area contributed by atoms with Crippen molar-refractivity contribution in [2.75, 3.05) is 19.6 Å². The van der Waals surface area contributed by atoms with Crippen molar-refractivity contribution in [3.8, 4) is 11.4 Å². The van der Waals surface area contributed by atoms with Crippen LogP contribution in [0.15, 0.2) is 29.0 Å². The average molecular weight is 376 g/mol. The van der Waals surface area contributed by atoms with Gasteiger partial charge in [0.1, 0.15) is 0 Å². The van der Waals surface area contributed by atoms with Gasteiger partial charge in [0.05, 0.1) is 0 Å². The van der Waals surface area contributed by atoms with Gasteiger partial charge in [-0.25, -0.2) is 0 Å². The molecule has 7 nitrogen and oxygen atoms in total. The summed E-state index contributed by atoms with van der Waals surface area (Å²) >= 11 is 0. The summed E-state index contributed by atoms with van der Waals surface area (Å²) < 4.78 is 5.15. The minimum atomic E-state index is -0.0121. The number of nitrogens with one attached hydrogen (secondary N) is 2. The number of hydrogen-bond acceptors (Lipinski definition) is 6. The molecule has 0 aromatic carbocycles. The Morgan fingerprint density at radius 1 is 1.17 bits per heavy atom. The van der Waals surface area contributed by atoms with Crippen LogP contribution in [0.4, 0.5) is 0 Å². The Bertz CT molecular complexity index is 580. The molecular formula is C15H23Cl2N5O2. The summed E-state index contributed by atoms with van der Waals surface area (Å²) in [4.78, 5) is 19.9. The Kier molecular flexibility index (Phi) is 11.8. The molecule has 1 amide bonds. The number of hydrogen-bond donors (Lipinski definition) is 2. The Labute approximate surface area is 153 Å². The van der Waals surface area contributed by atoms with E-state index in [1.54, 1.807) is 12.4 Å². The van der Waals surface area contributed by atoms with Crippen molar-refractivity contribution in [2.45, 2.75) is 26.2 Å². The van der Waals surface area contributed by atoms with Gasteiger partial charge in [0.15, 0.2) is 0 Å². The van der Waals surface area contributed by atoms with E-state index in [0.29, 0.717) is 31.1 Å². The topological polar surface area (TPSA) is 92.9 Å². The molecule has 2 heterocycles. The van der Waals surface area contributed by atoms with Gasteiger partial charge in [0.25, 0.3) is 0 Å². The maximum Gasteiger partial charge on any atom is 0.227 e. The minimum absolute atomic E-state index is 0. The van der Waals surface area contributed by atoms with Gasteiger partial charge in [0.2, 0.25) is 17.6 Å². The molecule has 2 aromatic rings. The Morgan fingerprint density at radius 3 is 2.62 bits per heavy atom. The standard InChI is InChI=1S/C15H21N5O2.2ClH/c1-2-7-16-10-11-18-13(21)3-4-14-19-15(20-22-14)12-5-8-17-9-6-12;;/h5-6,8-9,16H,2-4,7,10-11H2,1H3,(H,18,21);2*1H. The van der Waals surface area contributed by atoms with Gasteiger partial charge in [-0.2, -0.15) is 4.98 Å². The van der Waals surface area contributed by atoms with Crippen molar-refractivity contribution < 1.29 is 9.32 Å². The molecule has 134 valence electrons. The first-order chi connectivity index (χ1) is 10.8. The normalized spacial score (nSPS) is 9.71. The van der Waals surface area contributed by atoms with Gasteiger partial charge in [-0.1, -0.05) is 12.1 Å². The number of rotatable bonds is 9. The maximum atomic E-state index is 11.7.